The van der Waals surface area contributed by atoms with Gasteiger partial charge in [0.25, 0.3) is 5.91 Å². The Hall–Kier alpha value is -1.61. The zero-order chi connectivity index (χ0) is 11.1. The first kappa shape index (κ1) is 9.60. The maximum Gasteiger partial charge on any atom is 0.251 e. The number of fused-ring (bicyclic) bond motifs is 1. The van der Waals surface area contributed by atoms with Crippen molar-refractivity contribution in [3.8, 4) is 0 Å². The molecule has 2 aliphatic heterocycles. The van der Waals surface area contributed by atoms with Crippen LogP contribution in [0.4, 0.5) is 0 Å². The van der Waals surface area contributed by atoms with Gasteiger partial charge in [0.05, 0.1) is 12.6 Å². The van der Waals surface area contributed by atoms with E-state index < -0.39 is 0 Å². The lowest BCUT2D eigenvalue weighted by molar-refractivity contribution is -0.131. The van der Waals surface area contributed by atoms with Gasteiger partial charge in [-0.1, -0.05) is 36.9 Å². The summed E-state index contributed by atoms with van der Waals surface area (Å²) in [5, 5.41) is 0. The number of carbonyl (C=O) groups is 1. The summed E-state index contributed by atoms with van der Waals surface area (Å²) in [7, 11) is 0. The lowest BCUT2D eigenvalue weighted by Gasteiger charge is -2.22. The summed E-state index contributed by atoms with van der Waals surface area (Å²) in [6, 6.07) is 10.0. The van der Waals surface area contributed by atoms with E-state index in [0.717, 1.165) is 12.0 Å². The number of benzene rings is 1. The number of carbonyl (C=O) groups excluding carboxylic acids is 1. The standard InChI is InChI=1S/C13H13NO2/c1-9-7-11-8-16-13(14(11)12(9)15)10-5-3-2-4-6-10/h2-6,11,13H,1,7-8H2/t11-,13+/m0/s1. The highest BCUT2D eigenvalue weighted by molar-refractivity contribution is 5.96. The molecular weight excluding hydrogens is 202 g/mol. The Morgan fingerprint density at radius 3 is 2.81 bits per heavy atom. The van der Waals surface area contributed by atoms with Gasteiger partial charge in [-0.05, 0) is 0 Å². The van der Waals surface area contributed by atoms with E-state index in [2.05, 4.69) is 6.58 Å². The summed E-state index contributed by atoms with van der Waals surface area (Å²) in [5.74, 6) is 0.0383. The van der Waals surface area contributed by atoms with Crippen LogP contribution in [0, 0.1) is 0 Å². The lowest BCUT2D eigenvalue weighted by atomic mass is 10.2. The van der Waals surface area contributed by atoms with E-state index >= 15 is 0 Å². The van der Waals surface area contributed by atoms with Crippen LogP contribution >= 0.6 is 0 Å². The predicted molar refractivity (Wildman–Crippen MR) is 59.5 cm³/mol. The highest BCUT2D eigenvalue weighted by atomic mass is 16.5. The monoisotopic (exact) mass is 215 g/mol. The van der Waals surface area contributed by atoms with Crippen molar-refractivity contribution in [3.05, 3.63) is 48.0 Å². The van der Waals surface area contributed by atoms with Crippen molar-refractivity contribution in [2.24, 2.45) is 0 Å². The molecule has 3 heteroatoms. The Balaban J connectivity index is 1.94. The van der Waals surface area contributed by atoms with E-state index in [1.54, 1.807) is 0 Å². The molecule has 2 aliphatic rings. The molecule has 0 aromatic heterocycles. The SMILES string of the molecule is C=C1C[C@H]2CO[C@H](c3ccccc3)N2C1=O. The summed E-state index contributed by atoms with van der Waals surface area (Å²) >= 11 is 0. The highest BCUT2D eigenvalue weighted by Gasteiger charge is 2.44. The third-order valence-corrected chi connectivity index (χ3v) is 3.20. The Morgan fingerprint density at radius 1 is 1.31 bits per heavy atom. The summed E-state index contributed by atoms with van der Waals surface area (Å²) in [5.41, 5.74) is 1.74. The second kappa shape index (κ2) is 3.46. The Bertz CT molecular complexity index is 441. The van der Waals surface area contributed by atoms with Crippen LogP contribution in [0.2, 0.25) is 0 Å². The van der Waals surface area contributed by atoms with E-state index in [1.165, 1.54) is 0 Å². The minimum absolute atomic E-state index is 0.0383. The maximum absolute atomic E-state index is 11.9. The van der Waals surface area contributed by atoms with Gasteiger partial charge >= 0.3 is 0 Å². The van der Waals surface area contributed by atoms with Crippen LogP contribution in [0.25, 0.3) is 0 Å². The molecule has 0 bridgehead atoms. The fourth-order valence-electron chi connectivity index (χ4n) is 2.41. The van der Waals surface area contributed by atoms with Crippen molar-refractivity contribution in [3.63, 3.8) is 0 Å². The smallest absolute Gasteiger partial charge is 0.251 e. The van der Waals surface area contributed by atoms with Crippen LogP contribution in [0.5, 0.6) is 0 Å². The molecule has 2 atom stereocenters. The average Bonchev–Trinajstić information content (AvgIpc) is 2.83. The molecular formula is C13H13NO2. The highest BCUT2D eigenvalue weighted by Crippen LogP contribution is 2.38. The van der Waals surface area contributed by atoms with Crippen LogP contribution in [-0.4, -0.2) is 23.5 Å². The van der Waals surface area contributed by atoms with E-state index in [1.807, 2.05) is 35.2 Å². The Kier molecular flexibility index (Phi) is 2.07. The molecule has 0 N–H and O–H groups in total. The quantitative estimate of drug-likeness (QED) is 0.669. The third-order valence-electron chi connectivity index (χ3n) is 3.20. The third kappa shape index (κ3) is 1.28. The molecule has 1 aromatic carbocycles. The molecule has 0 radical (unpaired) electrons. The van der Waals surface area contributed by atoms with Crippen molar-refractivity contribution in [2.75, 3.05) is 6.61 Å². The van der Waals surface area contributed by atoms with E-state index in [9.17, 15) is 4.79 Å². The number of ether oxygens (including phenoxy) is 1. The normalized spacial score (nSPS) is 28.6. The second-order valence-electron chi connectivity index (χ2n) is 4.27. The summed E-state index contributed by atoms with van der Waals surface area (Å²) in [6.07, 6.45) is 0.514. The maximum atomic E-state index is 11.9. The van der Waals surface area contributed by atoms with Gasteiger partial charge in [-0.2, -0.15) is 0 Å². The molecule has 2 heterocycles. The van der Waals surface area contributed by atoms with Crippen molar-refractivity contribution >= 4 is 5.91 Å². The number of hydrogen-bond donors (Lipinski definition) is 0. The summed E-state index contributed by atoms with van der Waals surface area (Å²) < 4.78 is 5.69. The fraction of sp³-hybridized carbons (Fsp3) is 0.308. The molecule has 82 valence electrons. The Morgan fingerprint density at radius 2 is 2.06 bits per heavy atom. The first-order valence-corrected chi connectivity index (χ1v) is 5.44. The molecule has 0 aliphatic carbocycles. The second-order valence-corrected chi connectivity index (χ2v) is 4.27. The first-order valence-electron chi connectivity index (χ1n) is 5.44. The van der Waals surface area contributed by atoms with Crippen molar-refractivity contribution in [1.29, 1.82) is 0 Å². The largest absolute Gasteiger partial charge is 0.352 e. The molecule has 2 saturated heterocycles. The number of amides is 1. The summed E-state index contributed by atoms with van der Waals surface area (Å²) in [6.45, 7) is 4.41. The van der Waals surface area contributed by atoms with Crippen LogP contribution in [0.15, 0.2) is 42.5 Å². The zero-order valence-electron chi connectivity index (χ0n) is 8.93. The molecule has 16 heavy (non-hydrogen) atoms. The molecule has 0 spiro atoms. The summed E-state index contributed by atoms with van der Waals surface area (Å²) in [4.78, 5) is 13.7. The Labute approximate surface area is 94.3 Å². The molecule has 1 aromatic rings. The fourth-order valence-corrected chi connectivity index (χ4v) is 2.41. The number of hydrogen-bond acceptors (Lipinski definition) is 2. The van der Waals surface area contributed by atoms with E-state index in [-0.39, 0.29) is 18.2 Å². The van der Waals surface area contributed by atoms with Crippen LogP contribution < -0.4 is 0 Å². The lowest BCUT2D eigenvalue weighted by Crippen LogP contribution is -2.30. The van der Waals surface area contributed by atoms with Crippen molar-refractivity contribution in [1.82, 2.24) is 4.90 Å². The number of rotatable bonds is 1. The van der Waals surface area contributed by atoms with Gasteiger partial charge in [-0.25, -0.2) is 0 Å². The van der Waals surface area contributed by atoms with Gasteiger partial charge in [-0.15, -0.1) is 0 Å². The molecule has 3 nitrogen and oxygen atoms in total. The average molecular weight is 215 g/mol. The first-order chi connectivity index (χ1) is 7.77. The molecule has 0 unspecified atom stereocenters. The van der Waals surface area contributed by atoms with Crippen LogP contribution in [-0.2, 0) is 9.53 Å². The zero-order valence-corrected chi connectivity index (χ0v) is 8.93. The van der Waals surface area contributed by atoms with E-state index in [0.29, 0.717) is 12.2 Å². The van der Waals surface area contributed by atoms with Gasteiger partial charge in [0.2, 0.25) is 0 Å². The van der Waals surface area contributed by atoms with Gasteiger partial charge in [-0.3, -0.25) is 4.79 Å². The topological polar surface area (TPSA) is 29.5 Å². The molecule has 0 saturated carbocycles. The van der Waals surface area contributed by atoms with Crippen LogP contribution in [0.3, 0.4) is 0 Å². The predicted octanol–water partition coefficient (Wildman–Crippen LogP) is 1.87. The van der Waals surface area contributed by atoms with Gasteiger partial charge in [0.15, 0.2) is 6.23 Å². The van der Waals surface area contributed by atoms with Gasteiger partial charge in [0, 0.05) is 17.6 Å². The van der Waals surface area contributed by atoms with Gasteiger partial charge < -0.3 is 9.64 Å². The van der Waals surface area contributed by atoms with Gasteiger partial charge in [0.1, 0.15) is 0 Å². The van der Waals surface area contributed by atoms with Crippen molar-refractivity contribution < 1.29 is 9.53 Å². The van der Waals surface area contributed by atoms with E-state index in [4.69, 9.17) is 4.74 Å². The number of nitrogens with zero attached hydrogens (tertiary/aromatic N) is 1. The molecule has 3 rings (SSSR count). The molecule has 1 amide bonds. The molecule has 2 fully saturated rings. The minimum atomic E-state index is -0.224. The van der Waals surface area contributed by atoms with Crippen molar-refractivity contribution in [2.45, 2.75) is 18.7 Å². The van der Waals surface area contributed by atoms with Crippen LogP contribution in [0.1, 0.15) is 18.2 Å². The minimum Gasteiger partial charge on any atom is -0.352 e.